The van der Waals surface area contributed by atoms with Crippen molar-refractivity contribution < 1.29 is 23.1 Å². The Hall–Kier alpha value is -2.55. The van der Waals surface area contributed by atoms with Gasteiger partial charge < -0.3 is 15.0 Å². The van der Waals surface area contributed by atoms with Gasteiger partial charge in [0.15, 0.2) is 0 Å². The van der Waals surface area contributed by atoms with Crippen LogP contribution in [0.5, 0.6) is 5.75 Å². The molecule has 0 spiro atoms. The van der Waals surface area contributed by atoms with Crippen LogP contribution in [0.2, 0.25) is 0 Å². The maximum absolute atomic E-state index is 13.1. The smallest absolute Gasteiger partial charge is 0.249 e. The number of alkyl halides is 2. The molecule has 4 rings (SSSR count). The zero-order valence-electron chi connectivity index (χ0n) is 17.5. The molecule has 2 aromatic rings. The molecule has 1 N–H and O–H groups in total. The number of methoxy groups -OCH3 is 1. The Labute approximate surface area is 183 Å². The molecule has 1 unspecified atom stereocenters. The van der Waals surface area contributed by atoms with Gasteiger partial charge in [0.2, 0.25) is 17.7 Å². The lowest BCUT2D eigenvalue weighted by molar-refractivity contribution is -0.150. The monoisotopic (exact) mass is 449 g/mol. The van der Waals surface area contributed by atoms with Crippen molar-refractivity contribution in [3.8, 4) is 5.75 Å². The standard InChI is InChI=1S/C22H25F2N3O3S/c1-13-26-19-17(31-13)7-9-27(20(19)14-4-3-5-16(10-14)30-2)18(28)6-8-25-21(29)15-11-22(23,24)12-15/h3-5,10,15,20H,6-9,11-12H2,1-2H3,(H,25,29). The second-order valence-electron chi connectivity index (χ2n) is 8.06. The van der Waals surface area contributed by atoms with Crippen molar-refractivity contribution >= 4 is 23.2 Å². The topological polar surface area (TPSA) is 71.5 Å². The minimum absolute atomic E-state index is 0.105. The summed E-state index contributed by atoms with van der Waals surface area (Å²) < 4.78 is 31.3. The van der Waals surface area contributed by atoms with E-state index < -0.39 is 30.6 Å². The van der Waals surface area contributed by atoms with E-state index in [1.807, 2.05) is 31.2 Å². The van der Waals surface area contributed by atoms with Crippen LogP contribution in [-0.2, 0) is 16.0 Å². The Morgan fingerprint density at radius 3 is 2.84 bits per heavy atom. The Morgan fingerprint density at radius 2 is 2.13 bits per heavy atom. The summed E-state index contributed by atoms with van der Waals surface area (Å²) in [6.07, 6.45) is 0.00980. The highest BCUT2D eigenvalue weighted by Gasteiger charge is 2.48. The number of carbonyl (C=O) groups excluding carboxylic acids is 2. The van der Waals surface area contributed by atoms with E-state index in [-0.39, 0.29) is 24.9 Å². The van der Waals surface area contributed by atoms with Gasteiger partial charge in [0.1, 0.15) is 11.8 Å². The van der Waals surface area contributed by atoms with Crippen LogP contribution in [0.4, 0.5) is 8.78 Å². The first-order chi connectivity index (χ1) is 14.8. The third-order valence-corrected chi connectivity index (χ3v) is 6.86. The lowest BCUT2D eigenvalue weighted by Crippen LogP contribution is -2.46. The number of hydrogen-bond donors (Lipinski definition) is 1. The number of carbonyl (C=O) groups is 2. The number of nitrogens with one attached hydrogen (secondary N) is 1. The van der Waals surface area contributed by atoms with E-state index in [4.69, 9.17) is 9.72 Å². The van der Waals surface area contributed by atoms with Crippen molar-refractivity contribution in [1.82, 2.24) is 15.2 Å². The first-order valence-electron chi connectivity index (χ1n) is 10.3. The fourth-order valence-electron chi connectivity index (χ4n) is 4.22. The van der Waals surface area contributed by atoms with E-state index >= 15 is 0 Å². The summed E-state index contributed by atoms with van der Waals surface area (Å²) in [5, 5.41) is 3.59. The predicted octanol–water partition coefficient (Wildman–Crippen LogP) is 3.49. The molecule has 2 aliphatic rings. The Kier molecular flexibility index (Phi) is 5.96. The molecule has 31 heavy (non-hydrogen) atoms. The maximum atomic E-state index is 13.1. The molecule has 0 saturated heterocycles. The summed E-state index contributed by atoms with van der Waals surface area (Å²) in [7, 11) is 1.60. The van der Waals surface area contributed by atoms with Crippen LogP contribution >= 0.6 is 11.3 Å². The fraction of sp³-hybridized carbons (Fsp3) is 0.500. The van der Waals surface area contributed by atoms with Crippen molar-refractivity contribution in [2.45, 2.75) is 44.6 Å². The summed E-state index contributed by atoms with van der Waals surface area (Å²) in [5.41, 5.74) is 1.80. The van der Waals surface area contributed by atoms with Gasteiger partial charge in [0.05, 0.1) is 17.8 Å². The van der Waals surface area contributed by atoms with Crippen LogP contribution in [0.1, 0.15) is 46.4 Å². The van der Waals surface area contributed by atoms with E-state index in [1.54, 1.807) is 23.3 Å². The number of benzene rings is 1. The van der Waals surface area contributed by atoms with Crippen molar-refractivity contribution in [2.75, 3.05) is 20.2 Å². The van der Waals surface area contributed by atoms with E-state index in [9.17, 15) is 18.4 Å². The normalized spacial score (nSPS) is 20.0. The number of aromatic nitrogens is 1. The molecular formula is C22H25F2N3O3S. The Balaban J connectivity index is 1.46. The van der Waals surface area contributed by atoms with Gasteiger partial charge in [-0.3, -0.25) is 9.59 Å². The van der Waals surface area contributed by atoms with Crippen molar-refractivity contribution in [3.63, 3.8) is 0 Å². The second-order valence-corrected chi connectivity index (χ2v) is 9.35. The minimum Gasteiger partial charge on any atom is -0.497 e. The molecule has 2 heterocycles. The zero-order chi connectivity index (χ0) is 22.2. The van der Waals surface area contributed by atoms with Crippen LogP contribution in [0.3, 0.4) is 0 Å². The number of amides is 2. The van der Waals surface area contributed by atoms with E-state index in [0.717, 1.165) is 22.7 Å². The average Bonchev–Trinajstić information content (AvgIpc) is 3.11. The number of rotatable bonds is 6. The summed E-state index contributed by atoms with van der Waals surface area (Å²) in [4.78, 5) is 32.8. The molecule has 0 radical (unpaired) electrons. The molecular weight excluding hydrogens is 424 g/mol. The predicted molar refractivity (Wildman–Crippen MR) is 112 cm³/mol. The number of aryl methyl sites for hydroxylation is 1. The van der Waals surface area contributed by atoms with Crippen LogP contribution in [0.15, 0.2) is 24.3 Å². The lowest BCUT2D eigenvalue weighted by atomic mass is 9.81. The Morgan fingerprint density at radius 1 is 1.35 bits per heavy atom. The van der Waals surface area contributed by atoms with Gasteiger partial charge in [-0.2, -0.15) is 0 Å². The summed E-state index contributed by atoms with van der Waals surface area (Å²) in [6, 6.07) is 7.28. The van der Waals surface area contributed by atoms with E-state index in [0.29, 0.717) is 12.3 Å². The maximum Gasteiger partial charge on any atom is 0.249 e. The molecule has 166 valence electrons. The fourth-order valence-corrected chi connectivity index (χ4v) is 5.18. The summed E-state index contributed by atoms with van der Waals surface area (Å²) in [6.45, 7) is 2.64. The van der Waals surface area contributed by atoms with E-state index in [1.165, 1.54) is 4.88 Å². The van der Waals surface area contributed by atoms with Crippen LogP contribution in [0.25, 0.3) is 0 Å². The number of hydrogen-bond acceptors (Lipinski definition) is 5. The zero-order valence-corrected chi connectivity index (χ0v) is 18.3. The molecule has 2 amide bonds. The summed E-state index contributed by atoms with van der Waals surface area (Å²) in [5.74, 6) is -3.21. The molecule has 1 aromatic carbocycles. The van der Waals surface area contributed by atoms with Gasteiger partial charge >= 0.3 is 0 Å². The molecule has 1 fully saturated rings. The Bertz CT molecular complexity index is 986. The highest BCUT2D eigenvalue weighted by molar-refractivity contribution is 7.11. The van der Waals surface area contributed by atoms with Crippen molar-refractivity contribution in [1.29, 1.82) is 0 Å². The second kappa shape index (κ2) is 8.53. The molecule has 6 nitrogen and oxygen atoms in total. The number of fused-ring (bicyclic) bond motifs is 1. The van der Waals surface area contributed by atoms with Gasteiger partial charge in [-0.15, -0.1) is 11.3 Å². The average molecular weight is 450 g/mol. The molecule has 1 saturated carbocycles. The van der Waals surface area contributed by atoms with Gasteiger partial charge in [-0.25, -0.2) is 13.8 Å². The first-order valence-corrected chi connectivity index (χ1v) is 11.1. The minimum atomic E-state index is -2.74. The SMILES string of the molecule is COc1cccc(C2c3nc(C)sc3CCN2C(=O)CCNC(=O)C2CC(F)(F)C2)c1. The molecule has 1 atom stereocenters. The largest absolute Gasteiger partial charge is 0.497 e. The van der Waals surface area contributed by atoms with Crippen molar-refractivity contribution in [2.24, 2.45) is 5.92 Å². The number of halogens is 2. The lowest BCUT2D eigenvalue weighted by Gasteiger charge is -2.36. The quantitative estimate of drug-likeness (QED) is 0.733. The summed E-state index contributed by atoms with van der Waals surface area (Å²) >= 11 is 1.65. The van der Waals surface area contributed by atoms with Crippen LogP contribution in [-0.4, -0.2) is 47.8 Å². The molecule has 9 heteroatoms. The van der Waals surface area contributed by atoms with E-state index in [2.05, 4.69) is 5.32 Å². The third-order valence-electron chi connectivity index (χ3n) is 5.81. The third kappa shape index (κ3) is 4.56. The number of ether oxygens (including phenoxy) is 1. The first kappa shape index (κ1) is 21.7. The highest BCUT2D eigenvalue weighted by Crippen LogP contribution is 2.42. The van der Waals surface area contributed by atoms with Gasteiger partial charge in [-0.05, 0) is 24.6 Å². The van der Waals surface area contributed by atoms with Gasteiger partial charge in [0, 0.05) is 49.6 Å². The van der Waals surface area contributed by atoms with Crippen LogP contribution in [0, 0.1) is 12.8 Å². The van der Waals surface area contributed by atoms with Gasteiger partial charge in [0.25, 0.3) is 0 Å². The number of nitrogens with zero attached hydrogens (tertiary/aromatic N) is 2. The molecule has 1 aliphatic heterocycles. The molecule has 0 bridgehead atoms. The van der Waals surface area contributed by atoms with Crippen molar-refractivity contribution in [3.05, 3.63) is 45.4 Å². The number of thiazole rings is 1. The van der Waals surface area contributed by atoms with Gasteiger partial charge in [-0.1, -0.05) is 12.1 Å². The molecule has 1 aromatic heterocycles. The highest BCUT2D eigenvalue weighted by atomic mass is 32.1. The molecule has 1 aliphatic carbocycles. The van der Waals surface area contributed by atoms with Crippen LogP contribution < -0.4 is 10.1 Å².